The molecule has 1 aliphatic heterocycles. The number of hydrogen-bond donors (Lipinski definition) is 0. The van der Waals surface area contributed by atoms with E-state index in [0.29, 0.717) is 44.4 Å². The number of fused-ring (bicyclic) bond motifs is 1. The minimum absolute atomic E-state index is 0.103. The maximum absolute atomic E-state index is 13.4. The Morgan fingerprint density at radius 3 is 2.14 bits per heavy atom. The van der Waals surface area contributed by atoms with Gasteiger partial charge in [-0.3, -0.25) is 9.59 Å². The largest absolute Gasteiger partial charge is 0.497 e. The van der Waals surface area contributed by atoms with E-state index in [1.54, 1.807) is 58.1 Å². The van der Waals surface area contributed by atoms with E-state index in [-0.39, 0.29) is 24.5 Å². The lowest BCUT2D eigenvalue weighted by Crippen LogP contribution is -2.42. The van der Waals surface area contributed by atoms with Gasteiger partial charge >= 0.3 is 0 Å². The second-order valence-electron chi connectivity index (χ2n) is 7.53. The van der Waals surface area contributed by atoms with Crippen molar-refractivity contribution in [1.29, 1.82) is 0 Å². The van der Waals surface area contributed by atoms with Gasteiger partial charge in [0, 0.05) is 24.0 Å². The van der Waals surface area contributed by atoms with Gasteiger partial charge in [-0.25, -0.2) is 5.01 Å². The molecular formula is C25H26N4O5S. The lowest BCUT2D eigenvalue weighted by Gasteiger charge is -2.33. The Labute approximate surface area is 207 Å². The van der Waals surface area contributed by atoms with E-state index >= 15 is 0 Å². The number of carbonyl (C=O) groups is 2. The number of benzene rings is 2. The van der Waals surface area contributed by atoms with E-state index in [9.17, 15) is 9.59 Å². The second-order valence-corrected chi connectivity index (χ2v) is 8.51. The number of rotatable bonds is 8. The SMILES string of the molecule is CCC(=O)C1=C(c2ccc(OC)c(OC)c2)N(C(=O)CC)n2c(nnc2-c2ccc(OC)cc2)S1. The molecule has 0 fully saturated rings. The highest BCUT2D eigenvalue weighted by Crippen LogP contribution is 2.43. The summed E-state index contributed by atoms with van der Waals surface area (Å²) in [6.07, 6.45) is 0.474. The van der Waals surface area contributed by atoms with Gasteiger partial charge in [0.2, 0.25) is 11.1 Å². The van der Waals surface area contributed by atoms with Crippen molar-refractivity contribution in [2.24, 2.45) is 0 Å². The Bertz CT molecular complexity index is 1300. The molecule has 0 saturated heterocycles. The van der Waals surface area contributed by atoms with Crippen molar-refractivity contribution in [1.82, 2.24) is 14.9 Å². The van der Waals surface area contributed by atoms with Gasteiger partial charge in [0.25, 0.3) is 0 Å². The normalized spacial score (nSPS) is 12.9. The Hall–Kier alpha value is -3.79. The fraction of sp³-hybridized carbons (Fsp3) is 0.280. The molecule has 2 aromatic carbocycles. The molecule has 10 heteroatoms. The fourth-order valence-electron chi connectivity index (χ4n) is 3.74. The highest BCUT2D eigenvalue weighted by Gasteiger charge is 2.36. The van der Waals surface area contributed by atoms with E-state index in [1.807, 2.05) is 24.3 Å². The van der Waals surface area contributed by atoms with Crippen molar-refractivity contribution in [3.63, 3.8) is 0 Å². The van der Waals surface area contributed by atoms with Crippen LogP contribution in [0, 0.1) is 0 Å². The zero-order chi connectivity index (χ0) is 25.1. The Morgan fingerprint density at radius 2 is 1.54 bits per heavy atom. The number of carbonyl (C=O) groups excluding carboxylic acids is 2. The van der Waals surface area contributed by atoms with Crippen LogP contribution >= 0.6 is 11.8 Å². The standard InChI is InChI=1S/C25H26N4O5S/c1-6-18(30)23-22(16-10-13-19(33-4)20(14-16)34-5)28(21(31)7-2)29-24(26-27-25(29)35-23)15-8-11-17(32-3)12-9-15/h8-14H,6-7H2,1-5H3. The van der Waals surface area contributed by atoms with Crippen molar-refractivity contribution in [3.8, 4) is 28.6 Å². The summed E-state index contributed by atoms with van der Waals surface area (Å²) in [4.78, 5) is 27.0. The number of Topliss-reactive ketones (excluding diaryl/α,β-unsaturated/α-hetero) is 1. The van der Waals surface area contributed by atoms with Crippen molar-refractivity contribution >= 4 is 29.1 Å². The molecule has 0 bridgehead atoms. The highest BCUT2D eigenvalue weighted by molar-refractivity contribution is 8.04. The van der Waals surface area contributed by atoms with Gasteiger partial charge in [0.15, 0.2) is 23.1 Å². The predicted octanol–water partition coefficient (Wildman–Crippen LogP) is 4.30. The smallest absolute Gasteiger partial charge is 0.246 e. The lowest BCUT2D eigenvalue weighted by molar-refractivity contribution is -0.118. The van der Waals surface area contributed by atoms with Crippen LogP contribution < -0.4 is 19.2 Å². The monoisotopic (exact) mass is 494 g/mol. The first kappa shape index (κ1) is 24.3. The molecule has 9 nitrogen and oxygen atoms in total. The Morgan fingerprint density at radius 1 is 0.857 bits per heavy atom. The molecule has 0 spiro atoms. The molecule has 0 atom stereocenters. The summed E-state index contributed by atoms with van der Waals surface area (Å²) >= 11 is 1.20. The number of amides is 1. The first-order chi connectivity index (χ1) is 17.0. The van der Waals surface area contributed by atoms with Gasteiger partial charge < -0.3 is 14.2 Å². The number of allylic oxidation sites excluding steroid dienone is 1. The number of aromatic nitrogens is 3. The zero-order valence-electron chi connectivity index (χ0n) is 20.2. The maximum atomic E-state index is 13.4. The molecule has 1 aromatic heterocycles. The number of hydrogen-bond acceptors (Lipinski definition) is 8. The van der Waals surface area contributed by atoms with Crippen LogP contribution in [0.25, 0.3) is 17.1 Å². The van der Waals surface area contributed by atoms with E-state index < -0.39 is 0 Å². The van der Waals surface area contributed by atoms with Gasteiger partial charge in [-0.2, -0.15) is 4.68 Å². The molecule has 35 heavy (non-hydrogen) atoms. The average Bonchev–Trinajstić information content (AvgIpc) is 3.34. The summed E-state index contributed by atoms with van der Waals surface area (Å²) in [5, 5.41) is 10.6. The van der Waals surface area contributed by atoms with Crippen LogP contribution in [0.3, 0.4) is 0 Å². The first-order valence-corrected chi connectivity index (χ1v) is 11.9. The van der Waals surface area contributed by atoms with Gasteiger partial charge in [0.1, 0.15) is 5.75 Å². The van der Waals surface area contributed by atoms with Crippen LogP contribution in [-0.2, 0) is 9.59 Å². The topological polar surface area (TPSA) is 95.8 Å². The predicted molar refractivity (Wildman–Crippen MR) is 133 cm³/mol. The molecule has 0 unspecified atom stereocenters. The molecule has 1 aliphatic rings. The summed E-state index contributed by atoms with van der Waals surface area (Å²) in [5.41, 5.74) is 1.83. The molecule has 182 valence electrons. The third-order valence-electron chi connectivity index (χ3n) is 5.55. The molecule has 0 radical (unpaired) electrons. The number of ether oxygens (including phenoxy) is 3. The second kappa shape index (κ2) is 10.2. The Balaban J connectivity index is 1.97. The number of ketones is 1. The summed E-state index contributed by atoms with van der Waals surface area (Å²) in [6.45, 7) is 3.56. The van der Waals surface area contributed by atoms with Gasteiger partial charge in [-0.05, 0) is 54.2 Å². The molecule has 4 rings (SSSR count). The van der Waals surface area contributed by atoms with E-state index in [4.69, 9.17) is 14.2 Å². The summed E-state index contributed by atoms with van der Waals surface area (Å²) < 4.78 is 17.8. The van der Waals surface area contributed by atoms with E-state index in [1.165, 1.54) is 16.8 Å². The van der Waals surface area contributed by atoms with Gasteiger partial charge in [-0.15, -0.1) is 10.2 Å². The van der Waals surface area contributed by atoms with Crippen LogP contribution in [0.2, 0.25) is 0 Å². The van der Waals surface area contributed by atoms with Crippen LogP contribution in [0.5, 0.6) is 17.2 Å². The van der Waals surface area contributed by atoms with Gasteiger partial charge in [-0.1, -0.05) is 13.8 Å². The van der Waals surface area contributed by atoms with Crippen molar-refractivity contribution < 1.29 is 23.8 Å². The Kier molecular flexibility index (Phi) is 7.11. The van der Waals surface area contributed by atoms with Crippen LogP contribution in [0.4, 0.5) is 0 Å². The molecule has 3 aromatic rings. The van der Waals surface area contributed by atoms with E-state index in [2.05, 4.69) is 10.2 Å². The molecule has 0 saturated carbocycles. The number of thioether (sulfide) groups is 1. The quantitative estimate of drug-likeness (QED) is 0.457. The van der Waals surface area contributed by atoms with Crippen LogP contribution in [0.1, 0.15) is 32.3 Å². The van der Waals surface area contributed by atoms with Crippen LogP contribution in [0.15, 0.2) is 52.5 Å². The third-order valence-corrected chi connectivity index (χ3v) is 6.61. The minimum atomic E-state index is -0.215. The molecule has 2 heterocycles. The first-order valence-electron chi connectivity index (χ1n) is 11.1. The average molecular weight is 495 g/mol. The highest BCUT2D eigenvalue weighted by atomic mass is 32.2. The molecule has 1 amide bonds. The minimum Gasteiger partial charge on any atom is -0.497 e. The maximum Gasteiger partial charge on any atom is 0.246 e. The summed E-state index contributed by atoms with van der Waals surface area (Å²) in [7, 11) is 4.69. The lowest BCUT2D eigenvalue weighted by atomic mass is 10.1. The summed E-state index contributed by atoms with van der Waals surface area (Å²) in [6, 6.07) is 12.6. The number of nitrogens with zero attached hydrogens (tertiary/aromatic N) is 4. The van der Waals surface area contributed by atoms with Gasteiger partial charge in [0.05, 0.1) is 31.9 Å². The summed E-state index contributed by atoms with van der Waals surface area (Å²) in [5.74, 6) is 1.88. The van der Waals surface area contributed by atoms with Crippen molar-refractivity contribution in [3.05, 3.63) is 52.9 Å². The molecule has 0 aliphatic carbocycles. The van der Waals surface area contributed by atoms with Crippen molar-refractivity contribution in [2.75, 3.05) is 26.3 Å². The zero-order valence-corrected chi connectivity index (χ0v) is 21.0. The number of methoxy groups -OCH3 is 3. The van der Waals surface area contributed by atoms with Crippen LogP contribution in [-0.4, -0.2) is 47.9 Å². The molecule has 0 N–H and O–H groups in total. The van der Waals surface area contributed by atoms with E-state index in [0.717, 1.165) is 5.56 Å². The molecular weight excluding hydrogens is 468 g/mol. The van der Waals surface area contributed by atoms with Crippen molar-refractivity contribution in [2.45, 2.75) is 31.8 Å². The third kappa shape index (κ3) is 4.37. The fourth-order valence-corrected chi connectivity index (χ4v) is 4.82.